The molecular weight excluding hydrogens is 312 g/mol. The normalized spacial score (nSPS) is 45.0. The van der Waals surface area contributed by atoms with Gasteiger partial charge < -0.3 is 44.8 Å². The van der Waals surface area contributed by atoms with Gasteiger partial charge in [0.05, 0.1) is 19.8 Å². The van der Waals surface area contributed by atoms with Crippen molar-refractivity contribution in [3.63, 3.8) is 0 Å². The molecule has 6 N–H and O–H groups in total. The summed E-state index contributed by atoms with van der Waals surface area (Å²) >= 11 is 0. The van der Waals surface area contributed by atoms with E-state index in [1.165, 1.54) is 0 Å². The van der Waals surface area contributed by atoms with Crippen molar-refractivity contribution in [1.29, 1.82) is 0 Å². The molecule has 0 aliphatic carbocycles. The summed E-state index contributed by atoms with van der Waals surface area (Å²) in [5, 5.41) is 56.8. The van der Waals surface area contributed by atoms with Gasteiger partial charge >= 0.3 is 0 Å². The fourth-order valence-electron chi connectivity index (χ4n) is 3.02. The van der Waals surface area contributed by atoms with Crippen LogP contribution in [0.15, 0.2) is 0 Å². The molecule has 2 fully saturated rings. The largest absolute Gasteiger partial charge is 0.396 e. The molecule has 2 heterocycles. The Balaban J connectivity index is 1.88. The molecule has 2 aliphatic heterocycles. The molecule has 0 spiro atoms. The molecular formula is C14H26O9. The Morgan fingerprint density at radius 2 is 1.74 bits per heavy atom. The summed E-state index contributed by atoms with van der Waals surface area (Å²) in [6.45, 7) is 1.10. The second-order valence-corrected chi connectivity index (χ2v) is 6.15. The van der Waals surface area contributed by atoms with E-state index in [1.54, 1.807) is 6.92 Å². The van der Waals surface area contributed by atoms with Gasteiger partial charge in [0.1, 0.15) is 36.1 Å². The van der Waals surface area contributed by atoms with E-state index in [0.717, 1.165) is 0 Å². The number of ether oxygens (including phenoxy) is 3. The van der Waals surface area contributed by atoms with Gasteiger partial charge in [-0.25, -0.2) is 0 Å². The minimum atomic E-state index is -1.49. The highest BCUT2D eigenvalue weighted by Gasteiger charge is 2.59. The quantitative estimate of drug-likeness (QED) is 0.253. The fourth-order valence-corrected chi connectivity index (χ4v) is 3.02. The topological polar surface area (TPSA) is 152 Å². The molecule has 2 saturated heterocycles. The standard InChI is InChI=1S/C14H26O9/c1-7(4-15)14(9(6-17)23-14)2-3-21-13-12(20)11(19)10(18)8(5-16)22-13/h7-13,15-20H,2-6H2,1H3/t7-,8+,9+,10+,11-,12+,13+,14-/m0/s1. The van der Waals surface area contributed by atoms with Crippen LogP contribution in [0.5, 0.6) is 0 Å². The minimum Gasteiger partial charge on any atom is -0.396 e. The van der Waals surface area contributed by atoms with Crippen LogP contribution in [-0.4, -0.2) is 99.5 Å². The third kappa shape index (κ3) is 3.68. The number of hydrogen-bond donors (Lipinski definition) is 6. The summed E-state index contributed by atoms with van der Waals surface area (Å²) in [7, 11) is 0. The molecule has 23 heavy (non-hydrogen) atoms. The lowest BCUT2D eigenvalue weighted by Gasteiger charge is -2.39. The van der Waals surface area contributed by atoms with Gasteiger partial charge in [0.2, 0.25) is 0 Å². The predicted molar refractivity (Wildman–Crippen MR) is 75.3 cm³/mol. The van der Waals surface area contributed by atoms with E-state index in [9.17, 15) is 25.5 Å². The number of aliphatic hydroxyl groups excluding tert-OH is 6. The van der Waals surface area contributed by atoms with Crippen molar-refractivity contribution in [3.05, 3.63) is 0 Å². The van der Waals surface area contributed by atoms with Crippen LogP contribution in [0.25, 0.3) is 0 Å². The Kier molecular flexibility index (Phi) is 6.34. The molecule has 0 radical (unpaired) electrons. The first-order chi connectivity index (χ1) is 10.9. The molecule has 0 bridgehead atoms. The minimum absolute atomic E-state index is 0.0868. The van der Waals surface area contributed by atoms with Gasteiger partial charge in [0.15, 0.2) is 6.29 Å². The second-order valence-electron chi connectivity index (χ2n) is 6.15. The highest BCUT2D eigenvalue weighted by molar-refractivity contribution is 5.05. The second kappa shape index (κ2) is 7.68. The smallest absolute Gasteiger partial charge is 0.186 e. The maximum Gasteiger partial charge on any atom is 0.186 e. The maximum absolute atomic E-state index is 9.87. The first kappa shape index (κ1) is 19.0. The van der Waals surface area contributed by atoms with E-state index < -0.39 is 42.9 Å². The van der Waals surface area contributed by atoms with Crippen LogP contribution in [0.2, 0.25) is 0 Å². The third-order valence-electron chi connectivity index (χ3n) is 4.75. The Morgan fingerprint density at radius 1 is 1.04 bits per heavy atom. The maximum atomic E-state index is 9.87. The van der Waals surface area contributed by atoms with E-state index in [1.807, 2.05) is 0 Å². The number of aliphatic hydroxyl groups is 6. The van der Waals surface area contributed by atoms with Gasteiger partial charge in [-0.1, -0.05) is 6.92 Å². The summed E-state index contributed by atoms with van der Waals surface area (Å²) in [4.78, 5) is 0. The number of epoxide rings is 1. The molecule has 2 rings (SSSR count). The summed E-state index contributed by atoms with van der Waals surface area (Å²) in [5.74, 6) is -0.196. The SMILES string of the molecule is C[C@@H](CO)[C@]1(CCO[C@@H]2O[C@H](CO)[C@@H](O)[C@H](O)[C@H]2O)O[C@@H]1CO. The lowest BCUT2D eigenvalue weighted by molar-refractivity contribution is -0.301. The molecule has 0 saturated carbocycles. The predicted octanol–water partition coefficient (Wildman–Crippen LogP) is -3.05. The van der Waals surface area contributed by atoms with Gasteiger partial charge in [-0.2, -0.15) is 0 Å². The first-order valence-electron chi connectivity index (χ1n) is 7.73. The highest BCUT2D eigenvalue weighted by Crippen LogP contribution is 2.45. The summed E-state index contributed by atoms with van der Waals surface area (Å²) in [6, 6.07) is 0. The molecule has 0 aromatic heterocycles. The van der Waals surface area contributed by atoms with Crippen molar-refractivity contribution in [1.82, 2.24) is 0 Å². The molecule has 2 aliphatic rings. The highest BCUT2D eigenvalue weighted by atomic mass is 16.7. The Morgan fingerprint density at radius 3 is 2.26 bits per heavy atom. The summed E-state index contributed by atoms with van der Waals surface area (Å²) in [6.07, 6.45) is -6.60. The Labute approximate surface area is 134 Å². The molecule has 8 atom stereocenters. The van der Waals surface area contributed by atoms with E-state index in [-0.39, 0.29) is 31.8 Å². The van der Waals surface area contributed by atoms with Crippen LogP contribution >= 0.6 is 0 Å². The van der Waals surface area contributed by atoms with Crippen LogP contribution in [0, 0.1) is 5.92 Å². The van der Waals surface area contributed by atoms with Gasteiger partial charge in [0.25, 0.3) is 0 Å². The number of hydrogen-bond acceptors (Lipinski definition) is 9. The van der Waals surface area contributed by atoms with Crippen molar-refractivity contribution in [3.8, 4) is 0 Å². The Hall–Kier alpha value is -0.360. The lowest BCUT2D eigenvalue weighted by Crippen LogP contribution is -2.59. The average Bonchev–Trinajstić information content (AvgIpc) is 3.28. The zero-order valence-corrected chi connectivity index (χ0v) is 13.0. The summed E-state index contributed by atoms with van der Waals surface area (Å²) < 4.78 is 16.1. The molecule has 0 aromatic rings. The zero-order valence-electron chi connectivity index (χ0n) is 13.0. The van der Waals surface area contributed by atoms with Gasteiger partial charge in [0, 0.05) is 18.9 Å². The molecule has 0 aromatic carbocycles. The van der Waals surface area contributed by atoms with Crippen LogP contribution in [-0.2, 0) is 14.2 Å². The van der Waals surface area contributed by atoms with Crippen LogP contribution in [0.1, 0.15) is 13.3 Å². The van der Waals surface area contributed by atoms with Crippen molar-refractivity contribution in [2.45, 2.75) is 55.8 Å². The summed E-state index contributed by atoms with van der Waals surface area (Å²) in [5.41, 5.74) is -0.683. The van der Waals surface area contributed by atoms with Crippen LogP contribution in [0.4, 0.5) is 0 Å². The van der Waals surface area contributed by atoms with E-state index >= 15 is 0 Å². The van der Waals surface area contributed by atoms with Gasteiger partial charge in [-0.15, -0.1) is 0 Å². The van der Waals surface area contributed by atoms with E-state index in [4.69, 9.17) is 19.3 Å². The molecule has 136 valence electrons. The van der Waals surface area contributed by atoms with Gasteiger partial charge in [-0.3, -0.25) is 0 Å². The molecule has 0 amide bonds. The lowest BCUT2D eigenvalue weighted by atomic mass is 9.88. The zero-order chi connectivity index (χ0) is 17.2. The van der Waals surface area contributed by atoms with Crippen molar-refractivity contribution < 1.29 is 44.8 Å². The average molecular weight is 338 g/mol. The molecule has 9 heteroatoms. The molecule has 9 nitrogen and oxygen atoms in total. The van der Waals surface area contributed by atoms with Crippen molar-refractivity contribution in [2.24, 2.45) is 5.92 Å². The Bertz CT molecular complexity index is 379. The van der Waals surface area contributed by atoms with Crippen LogP contribution < -0.4 is 0 Å². The third-order valence-corrected chi connectivity index (χ3v) is 4.75. The van der Waals surface area contributed by atoms with Crippen molar-refractivity contribution >= 4 is 0 Å². The van der Waals surface area contributed by atoms with Crippen LogP contribution in [0.3, 0.4) is 0 Å². The van der Waals surface area contributed by atoms with E-state index in [2.05, 4.69) is 0 Å². The fraction of sp³-hybridized carbons (Fsp3) is 1.00. The van der Waals surface area contributed by atoms with Crippen molar-refractivity contribution in [2.75, 3.05) is 26.4 Å². The first-order valence-corrected chi connectivity index (χ1v) is 7.73. The number of rotatable bonds is 8. The molecule has 0 unspecified atom stereocenters. The van der Waals surface area contributed by atoms with Gasteiger partial charge in [-0.05, 0) is 0 Å². The monoisotopic (exact) mass is 338 g/mol. The van der Waals surface area contributed by atoms with E-state index in [0.29, 0.717) is 6.42 Å².